The number of benzene rings is 1. The maximum absolute atomic E-state index is 12.8. The number of piperidine rings is 2. The van der Waals surface area contributed by atoms with Gasteiger partial charge in [0.25, 0.3) is 0 Å². The topological polar surface area (TPSA) is 62.7 Å². The molecule has 4 rings (SSSR count). The molecule has 27 heavy (non-hydrogen) atoms. The Kier molecular flexibility index (Phi) is 4.38. The summed E-state index contributed by atoms with van der Waals surface area (Å²) in [5.41, 5.74) is 0.244. The normalized spacial score (nSPS) is 28.2. The van der Waals surface area contributed by atoms with Crippen LogP contribution in [-0.2, 0) is 10.3 Å². The van der Waals surface area contributed by atoms with E-state index in [4.69, 9.17) is 4.74 Å². The van der Waals surface area contributed by atoms with E-state index in [1.54, 1.807) is 6.20 Å². The molecule has 0 radical (unpaired) electrons. The van der Waals surface area contributed by atoms with Crippen LogP contribution in [-0.4, -0.2) is 38.8 Å². The second-order valence-electron chi connectivity index (χ2n) is 8.95. The predicted molar refractivity (Wildman–Crippen MR) is 104 cm³/mol. The van der Waals surface area contributed by atoms with Crippen molar-refractivity contribution in [2.75, 3.05) is 0 Å². The molecule has 2 atom stereocenters. The number of hydrogen-bond acceptors (Lipinski definition) is 4. The number of ether oxygens (including phenoxy) is 1. The van der Waals surface area contributed by atoms with E-state index >= 15 is 0 Å². The van der Waals surface area contributed by atoms with Gasteiger partial charge in [0.05, 0.1) is 11.1 Å². The molecule has 0 aliphatic carbocycles. The lowest BCUT2D eigenvalue weighted by Gasteiger charge is -2.52. The summed E-state index contributed by atoms with van der Waals surface area (Å²) in [5, 5.41) is 12.7. The van der Waals surface area contributed by atoms with Crippen LogP contribution in [0.25, 0.3) is 10.9 Å². The number of carbonyl (C=O) groups is 1. The molecule has 0 spiro atoms. The minimum absolute atomic E-state index is 0.00341. The first-order valence-corrected chi connectivity index (χ1v) is 9.85. The average Bonchev–Trinajstić information content (AvgIpc) is 2.59. The summed E-state index contributed by atoms with van der Waals surface area (Å²) in [6.07, 6.45) is 5.45. The quantitative estimate of drug-likeness (QED) is 0.812. The van der Waals surface area contributed by atoms with Crippen LogP contribution >= 0.6 is 0 Å². The molecule has 3 heterocycles. The van der Waals surface area contributed by atoms with Crippen LogP contribution in [0.4, 0.5) is 4.79 Å². The first-order valence-electron chi connectivity index (χ1n) is 9.85. The van der Waals surface area contributed by atoms with Crippen LogP contribution in [0.3, 0.4) is 0 Å². The van der Waals surface area contributed by atoms with Crippen molar-refractivity contribution >= 4 is 17.0 Å². The fourth-order valence-corrected chi connectivity index (χ4v) is 4.74. The van der Waals surface area contributed by atoms with Gasteiger partial charge in [0, 0.05) is 42.1 Å². The van der Waals surface area contributed by atoms with Crippen LogP contribution in [0.5, 0.6) is 0 Å². The largest absolute Gasteiger partial charge is 0.444 e. The fourth-order valence-electron chi connectivity index (χ4n) is 4.74. The lowest BCUT2D eigenvalue weighted by atomic mass is 9.72. The van der Waals surface area contributed by atoms with E-state index in [-0.39, 0.29) is 18.2 Å². The molecule has 1 amide bonds. The van der Waals surface area contributed by atoms with Gasteiger partial charge in [-0.25, -0.2) is 4.79 Å². The summed E-state index contributed by atoms with van der Waals surface area (Å²) in [7, 11) is 0. The molecular weight excluding hydrogens is 340 g/mol. The second kappa shape index (κ2) is 6.48. The number of rotatable bonds is 1. The molecule has 2 unspecified atom stereocenters. The molecule has 144 valence electrons. The molecular formula is C22H28N2O3. The van der Waals surface area contributed by atoms with Gasteiger partial charge in [-0.3, -0.25) is 4.98 Å². The number of hydrogen-bond donors (Lipinski definition) is 1. The van der Waals surface area contributed by atoms with Gasteiger partial charge < -0.3 is 14.7 Å². The first kappa shape index (κ1) is 18.2. The average molecular weight is 368 g/mol. The van der Waals surface area contributed by atoms with Gasteiger partial charge in [-0.1, -0.05) is 24.3 Å². The molecule has 2 aliphatic heterocycles. The molecule has 5 nitrogen and oxygen atoms in total. The molecule has 5 heteroatoms. The highest BCUT2D eigenvalue weighted by molar-refractivity contribution is 5.82. The molecule has 1 aromatic carbocycles. The number of para-hydroxylation sites is 1. The van der Waals surface area contributed by atoms with Crippen molar-refractivity contribution in [3.63, 3.8) is 0 Å². The van der Waals surface area contributed by atoms with Gasteiger partial charge in [-0.2, -0.15) is 0 Å². The number of fused-ring (bicyclic) bond motifs is 3. The molecule has 1 aromatic heterocycles. The summed E-state index contributed by atoms with van der Waals surface area (Å²) < 4.78 is 5.65. The van der Waals surface area contributed by atoms with Gasteiger partial charge in [-0.15, -0.1) is 0 Å². The Balaban J connectivity index is 1.67. The van der Waals surface area contributed by atoms with Crippen molar-refractivity contribution in [1.82, 2.24) is 9.88 Å². The predicted octanol–water partition coefficient (Wildman–Crippen LogP) is 4.37. The molecule has 2 aromatic rings. The van der Waals surface area contributed by atoms with E-state index in [0.717, 1.165) is 35.7 Å². The van der Waals surface area contributed by atoms with Crippen molar-refractivity contribution in [2.24, 2.45) is 0 Å². The third kappa shape index (κ3) is 3.41. The zero-order valence-corrected chi connectivity index (χ0v) is 16.3. The van der Waals surface area contributed by atoms with Crippen molar-refractivity contribution in [2.45, 2.75) is 76.2 Å². The van der Waals surface area contributed by atoms with E-state index in [0.29, 0.717) is 12.8 Å². The van der Waals surface area contributed by atoms with Gasteiger partial charge in [0.2, 0.25) is 0 Å². The van der Waals surface area contributed by atoms with Crippen molar-refractivity contribution in [3.05, 3.63) is 42.1 Å². The van der Waals surface area contributed by atoms with Crippen molar-refractivity contribution < 1.29 is 14.6 Å². The Morgan fingerprint density at radius 2 is 1.85 bits per heavy atom. The number of nitrogens with zero attached hydrogens (tertiary/aromatic N) is 2. The summed E-state index contributed by atoms with van der Waals surface area (Å²) in [5.74, 6) is 0. The van der Waals surface area contributed by atoms with Gasteiger partial charge >= 0.3 is 6.09 Å². The molecule has 2 aliphatic rings. The highest BCUT2D eigenvalue weighted by Gasteiger charge is 2.49. The SMILES string of the molecule is CC(C)(C)OC(=O)N1C2CCCC1CC(O)(c1cccc3cccnc13)C2. The highest BCUT2D eigenvalue weighted by atomic mass is 16.6. The van der Waals surface area contributed by atoms with Crippen LogP contribution in [0, 0.1) is 0 Å². The first-order chi connectivity index (χ1) is 12.8. The zero-order valence-electron chi connectivity index (χ0n) is 16.3. The Hall–Kier alpha value is -2.14. The Morgan fingerprint density at radius 3 is 2.52 bits per heavy atom. The van der Waals surface area contributed by atoms with Gasteiger partial charge in [0.15, 0.2) is 0 Å². The number of aliphatic hydroxyl groups is 1. The molecule has 0 saturated carbocycles. The summed E-state index contributed by atoms with van der Waals surface area (Å²) in [6, 6.07) is 9.91. The number of carbonyl (C=O) groups excluding carboxylic acids is 1. The fraction of sp³-hybridized carbons (Fsp3) is 0.545. The van der Waals surface area contributed by atoms with E-state index < -0.39 is 11.2 Å². The lowest BCUT2D eigenvalue weighted by molar-refractivity contribution is -0.0959. The third-order valence-corrected chi connectivity index (χ3v) is 5.75. The Bertz CT molecular complexity index is 839. The third-order valence-electron chi connectivity index (χ3n) is 5.75. The van der Waals surface area contributed by atoms with E-state index in [1.165, 1.54) is 0 Å². The Morgan fingerprint density at radius 1 is 1.19 bits per heavy atom. The van der Waals surface area contributed by atoms with Crippen LogP contribution < -0.4 is 0 Å². The molecule has 2 fully saturated rings. The Labute approximate surface area is 160 Å². The standard InChI is InChI=1S/C22H28N2O3/c1-21(2,3)27-20(25)24-16-9-5-10-17(24)14-22(26,13-16)18-11-4-7-15-8-6-12-23-19(15)18/h4,6-8,11-12,16-17,26H,5,9-10,13-14H2,1-3H3. The maximum atomic E-state index is 12.8. The maximum Gasteiger partial charge on any atom is 0.410 e. The number of amides is 1. The van der Waals surface area contributed by atoms with Gasteiger partial charge in [-0.05, 0) is 46.1 Å². The minimum Gasteiger partial charge on any atom is -0.444 e. The molecule has 1 N–H and O–H groups in total. The van der Waals surface area contributed by atoms with Crippen LogP contribution in [0.15, 0.2) is 36.5 Å². The lowest BCUT2D eigenvalue weighted by Crippen LogP contribution is -2.59. The van der Waals surface area contributed by atoms with Crippen LogP contribution in [0.2, 0.25) is 0 Å². The van der Waals surface area contributed by atoms with Crippen molar-refractivity contribution in [3.8, 4) is 0 Å². The van der Waals surface area contributed by atoms with Gasteiger partial charge in [0.1, 0.15) is 5.60 Å². The monoisotopic (exact) mass is 368 g/mol. The van der Waals surface area contributed by atoms with E-state index in [1.807, 2.05) is 56.0 Å². The summed E-state index contributed by atoms with van der Waals surface area (Å²) >= 11 is 0. The second-order valence-corrected chi connectivity index (χ2v) is 8.95. The summed E-state index contributed by atoms with van der Waals surface area (Å²) in [4.78, 5) is 19.2. The van der Waals surface area contributed by atoms with Crippen molar-refractivity contribution in [1.29, 1.82) is 0 Å². The van der Waals surface area contributed by atoms with Crippen LogP contribution in [0.1, 0.15) is 58.4 Å². The highest BCUT2D eigenvalue weighted by Crippen LogP contribution is 2.46. The summed E-state index contributed by atoms with van der Waals surface area (Å²) in [6.45, 7) is 5.67. The molecule has 2 saturated heterocycles. The number of pyridine rings is 1. The van der Waals surface area contributed by atoms with E-state index in [9.17, 15) is 9.90 Å². The van der Waals surface area contributed by atoms with E-state index in [2.05, 4.69) is 4.98 Å². The molecule has 2 bridgehead atoms. The number of aromatic nitrogens is 1. The minimum atomic E-state index is -0.970. The smallest absolute Gasteiger partial charge is 0.410 e. The zero-order chi connectivity index (χ0) is 19.2.